The highest BCUT2D eigenvalue weighted by Crippen LogP contribution is 2.21. The van der Waals surface area contributed by atoms with E-state index in [2.05, 4.69) is 21.4 Å². The molecule has 0 aromatic carbocycles. The van der Waals surface area contributed by atoms with Crippen LogP contribution in [0.2, 0.25) is 0 Å². The van der Waals surface area contributed by atoms with Crippen LogP contribution in [0.3, 0.4) is 0 Å². The summed E-state index contributed by atoms with van der Waals surface area (Å²) < 4.78 is 7.18. The molecular weight excluding hydrogens is 254 g/mol. The molecule has 0 unspecified atom stereocenters. The van der Waals surface area contributed by atoms with Crippen LogP contribution in [0.25, 0.3) is 0 Å². The Kier molecular flexibility index (Phi) is 4.38. The van der Waals surface area contributed by atoms with Crippen LogP contribution >= 0.6 is 23.3 Å². The topological polar surface area (TPSA) is 69.6 Å². The fourth-order valence-corrected chi connectivity index (χ4v) is 3.02. The van der Waals surface area contributed by atoms with E-state index in [9.17, 15) is 0 Å². The highest BCUT2D eigenvalue weighted by molar-refractivity contribution is 8.00. The molecule has 2 rings (SSSR count). The largest absolute Gasteiger partial charge is 0.382 e. The molecule has 17 heavy (non-hydrogen) atoms. The Morgan fingerprint density at radius 1 is 1.53 bits per heavy atom. The molecule has 0 amide bonds. The summed E-state index contributed by atoms with van der Waals surface area (Å²) >= 11 is 3.24. The Labute approximate surface area is 109 Å². The zero-order valence-electron chi connectivity index (χ0n) is 9.67. The van der Waals surface area contributed by atoms with Gasteiger partial charge in [-0.05, 0) is 24.0 Å². The molecule has 2 aromatic heterocycles. The quantitative estimate of drug-likeness (QED) is 0.642. The summed E-state index contributed by atoms with van der Waals surface area (Å²) in [5.74, 6) is 2.55. The zero-order valence-corrected chi connectivity index (χ0v) is 11.3. The first-order valence-corrected chi connectivity index (χ1v) is 7.28. The van der Waals surface area contributed by atoms with Gasteiger partial charge < -0.3 is 5.73 Å². The van der Waals surface area contributed by atoms with Gasteiger partial charge in [0.1, 0.15) is 11.6 Å². The van der Waals surface area contributed by atoms with Gasteiger partial charge in [0.15, 0.2) is 4.34 Å². The Morgan fingerprint density at radius 3 is 3.06 bits per heavy atom. The summed E-state index contributed by atoms with van der Waals surface area (Å²) in [6.07, 6.45) is 3.86. The Hall–Kier alpha value is -1.08. The number of nitrogen functional groups attached to an aromatic ring is 1. The second-order valence-electron chi connectivity index (χ2n) is 3.54. The highest BCUT2D eigenvalue weighted by atomic mass is 32.2. The van der Waals surface area contributed by atoms with Gasteiger partial charge in [-0.2, -0.15) is 9.47 Å². The van der Waals surface area contributed by atoms with Gasteiger partial charge >= 0.3 is 0 Å². The lowest BCUT2D eigenvalue weighted by Gasteiger charge is -1.99. The Balaban J connectivity index is 1.69. The monoisotopic (exact) mass is 269 g/mol. The molecule has 7 heteroatoms. The summed E-state index contributed by atoms with van der Waals surface area (Å²) in [6.45, 7) is 2.96. The van der Waals surface area contributed by atoms with Crippen LogP contribution < -0.4 is 5.73 Å². The van der Waals surface area contributed by atoms with Crippen molar-refractivity contribution in [2.24, 2.45) is 0 Å². The van der Waals surface area contributed by atoms with Crippen molar-refractivity contribution in [2.45, 2.75) is 30.6 Å². The normalized spacial score (nSPS) is 10.9. The van der Waals surface area contributed by atoms with E-state index in [1.165, 1.54) is 11.5 Å². The highest BCUT2D eigenvalue weighted by Gasteiger charge is 2.02. The number of anilines is 1. The van der Waals surface area contributed by atoms with Crippen LogP contribution in [-0.2, 0) is 13.0 Å². The third-order valence-electron chi connectivity index (χ3n) is 2.18. The predicted octanol–water partition coefficient (Wildman–Crippen LogP) is 2.06. The maximum absolute atomic E-state index is 5.54. The van der Waals surface area contributed by atoms with Gasteiger partial charge in [-0.1, -0.05) is 18.7 Å². The van der Waals surface area contributed by atoms with Gasteiger partial charge in [-0.15, -0.1) is 0 Å². The molecule has 0 fully saturated rings. The molecule has 2 aromatic rings. The first-order chi connectivity index (χ1) is 8.28. The third-order valence-corrected chi connectivity index (χ3v) is 4.14. The van der Waals surface area contributed by atoms with Gasteiger partial charge in [-0.3, -0.25) is 4.68 Å². The number of thioether (sulfide) groups is 1. The number of rotatable bonds is 6. The van der Waals surface area contributed by atoms with E-state index in [1.54, 1.807) is 11.8 Å². The summed E-state index contributed by atoms with van der Waals surface area (Å²) in [5.41, 5.74) is 5.54. The molecule has 2 N–H and O–H groups in total. The van der Waals surface area contributed by atoms with E-state index in [-0.39, 0.29) is 0 Å². The maximum Gasteiger partial charge on any atom is 0.170 e. The molecule has 92 valence electrons. The van der Waals surface area contributed by atoms with Crippen molar-refractivity contribution in [3.8, 4) is 0 Å². The van der Waals surface area contributed by atoms with Crippen molar-refractivity contribution in [3.63, 3.8) is 0 Å². The van der Waals surface area contributed by atoms with E-state index >= 15 is 0 Å². The number of aromatic nitrogens is 4. The van der Waals surface area contributed by atoms with E-state index in [4.69, 9.17) is 5.73 Å². The molecule has 0 saturated carbocycles. The molecule has 0 spiro atoms. The third kappa shape index (κ3) is 3.71. The molecule has 0 saturated heterocycles. The average molecular weight is 269 g/mol. The SMILES string of the molecule is CCc1nsc(SCCCn2ccc(N)n2)n1. The maximum atomic E-state index is 5.54. The Morgan fingerprint density at radius 2 is 2.41 bits per heavy atom. The molecule has 5 nitrogen and oxygen atoms in total. The van der Waals surface area contributed by atoms with Crippen LogP contribution in [0.4, 0.5) is 5.82 Å². The van der Waals surface area contributed by atoms with E-state index in [1.807, 2.05) is 16.9 Å². The Bertz CT molecular complexity index is 465. The molecular formula is C10H15N5S2. The molecule has 0 bridgehead atoms. The fraction of sp³-hybridized carbons (Fsp3) is 0.500. The summed E-state index contributed by atoms with van der Waals surface area (Å²) in [4.78, 5) is 4.41. The molecule has 0 radical (unpaired) electrons. The minimum atomic E-state index is 0.578. The molecule has 2 heterocycles. The number of aryl methyl sites for hydroxylation is 2. The predicted molar refractivity (Wildman–Crippen MR) is 71.3 cm³/mol. The van der Waals surface area contributed by atoms with Gasteiger partial charge in [-0.25, -0.2) is 4.98 Å². The fourth-order valence-electron chi connectivity index (χ4n) is 1.33. The zero-order chi connectivity index (χ0) is 12.1. The minimum absolute atomic E-state index is 0.578. The van der Waals surface area contributed by atoms with Gasteiger partial charge in [0.2, 0.25) is 0 Å². The summed E-state index contributed by atoms with van der Waals surface area (Å²) in [6, 6.07) is 1.81. The summed E-state index contributed by atoms with van der Waals surface area (Å²) in [5, 5.41) is 4.13. The number of nitrogens with two attached hydrogens (primary N) is 1. The van der Waals surface area contributed by atoms with Crippen molar-refractivity contribution in [1.29, 1.82) is 0 Å². The summed E-state index contributed by atoms with van der Waals surface area (Å²) in [7, 11) is 0. The number of hydrogen-bond acceptors (Lipinski definition) is 6. The first kappa shape index (κ1) is 12.4. The van der Waals surface area contributed by atoms with Crippen LogP contribution in [0.15, 0.2) is 16.6 Å². The van der Waals surface area contributed by atoms with Crippen molar-refractivity contribution < 1.29 is 0 Å². The van der Waals surface area contributed by atoms with Gasteiger partial charge in [0, 0.05) is 24.9 Å². The lowest BCUT2D eigenvalue weighted by molar-refractivity contribution is 0.608. The van der Waals surface area contributed by atoms with E-state index < -0.39 is 0 Å². The van der Waals surface area contributed by atoms with Crippen molar-refractivity contribution in [2.75, 3.05) is 11.5 Å². The second-order valence-corrected chi connectivity index (χ2v) is 5.63. The standard InChI is InChI=1S/C10H15N5S2/c1-2-9-12-10(17-14-9)16-7-3-5-15-6-4-8(11)13-15/h4,6H,2-3,5,7H2,1H3,(H2,11,13). The molecule has 0 aliphatic rings. The van der Waals surface area contributed by atoms with Crippen LogP contribution in [0.5, 0.6) is 0 Å². The van der Waals surface area contributed by atoms with Crippen molar-refractivity contribution in [3.05, 3.63) is 18.1 Å². The molecule has 0 aliphatic carbocycles. The molecule has 0 atom stereocenters. The van der Waals surface area contributed by atoms with Crippen LogP contribution in [-0.4, -0.2) is 24.9 Å². The second kappa shape index (κ2) is 6.02. The van der Waals surface area contributed by atoms with Gasteiger partial charge in [0.25, 0.3) is 0 Å². The first-order valence-electron chi connectivity index (χ1n) is 5.52. The number of hydrogen-bond donors (Lipinski definition) is 1. The van der Waals surface area contributed by atoms with E-state index in [0.29, 0.717) is 5.82 Å². The van der Waals surface area contributed by atoms with Crippen LogP contribution in [0.1, 0.15) is 19.2 Å². The van der Waals surface area contributed by atoms with Crippen LogP contribution in [0, 0.1) is 0 Å². The minimum Gasteiger partial charge on any atom is -0.382 e. The van der Waals surface area contributed by atoms with E-state index in [0.717, 1.165) is 35.3 Å². The average Bonchev–Trinajstić information content (AvgIpc) is 2.93. The molecule has 0 aliphatic heterocycles. The van der Waals surface area contributed by atoms with Crippen molar-refractivity contribution >= 4 is 29.1 Å². The lowest BCUT2D eigenvalue weighted by atomic mass is 10.5. The van der Waals surface area contributed by atoms with Crippen molar-refractivity contribution in [1.82, 2.24) is 19.1 Å². The lowest BCUT2D eigenvalue weighted by Crippen LogP contribution is -2.00. The van der Waals surface area contributed by atoms with Gasteiger partial charge in [0.05, 0.1) is 0 Å². The smallest absolute Gasteiger partial charge is 0.170 e. The number of nitrogens with zero attached hydrogens (tertiary/aromatic N) is 4.